The van der Waals surface area contributed by atoms with E-state index < -0.39 is 0 Å². The summed E-state index contributed by atoms with van der Waals surface area (Å²) in [5.74, 6) is 0. The molecule has 0 aliphatic heterocycles. The first kappa shape index (κ1) is 8.64. The minimum Gasteiger partial charge on any atom is -0.399 e. The SMILES string of the molecule is CON=C(C)c1cncc(C)n1. The van der Waals surface area contributed by atoms with Gasteiger partial charge in [-0.05, 0) is 13.8 Å². The van der Waals surface area contributed by atoms with Gasteiger partial charge in [-0.3, -0.25) is 4.98 Å². The van der Waals surface area contributed by atoms with Crippen LogP contribution in [0.15, 0.2) is 17.5 Å². The molecule has 4 heteroatoms. The summed E-state index contributed by atoms with van der Waals surface area (Å²) in [6.45, 7) is 3.71. The van der Waals surface area contributed by atoms with Crippen LogP contribution in [0.3, 0.4) is 0 Å². The Morgan fingerprint density at radius 3 is 2.83 bits per heavy atom. The number of nitrogens with zero attached hydrogens (tertiary/aromatic N) is 3. The van der Waals surface area contributed by atoms with Gasteiger partial charge in [-0.15, -0.1) is 0 Å². The van der Waals surface area contributed by atoms with Crippen LogP contribution in [-0.4, -0.2) is 22.8 Å². The zero-order chi connectivity index (χ0) is 8.97. The molecule has 0 atom stereocenters. The summed E-state index contributed by atoms with van der Waals surface area (Å²) in [5.41, 5.74) is 2.35. The molecule has 0 fully saturated rings. The van der Waals surface area contributed by atoms with Crippen molar-refractivity contribution >= 4 is 5.71 Å². The number of hydrogen-bond donors (Lipinski definition) is 0. The van der Waals surface area contributed by atoms with E-state index in [9.17, 15) is 0 Å². The van der Waals surface area contributed by atoms with Crippen molar-refractivity contribution in [3.63, 3.8) is 0 Å². The summed E-state index contributed by atoms with van der Waals surface area (Å²) in [5, 5.41) is 3.75. The zero-order valence-electron chi connectivity index (χ0n) is 7.40. The monoisotopic (exact) mass is 165 g/mol. The van der Waals surface area contributed by atoms with Gasteiger partial charge in [-0.25, -0.2) is 4.98 Å². The first-order valence-corrected chi connectivity index (χ1v) is 3.61. The summed E-state index contributed by atoms with van der Waals surface area (Å²) in [7, 11) is 1.51. The van der Waals surface area contributed by atoms with E-state index in [0.717, 1.165) is 17.1 Å². The molecule has 12 heavy (non-hydrogen) atoms. The van der Waals surface area contributed by atoms with Crippen LogP contribution in [0.25, 0.3) is 0 Å². The third-order valence-corrected chi connectivity index (χ3v) is 1.35. The molecule has 0 unspecified atom stereocenters. The summed E-state index contributed by atoms with van der Waals surface area (Å²) in [6.07, 6.45) is 3.36. The quantitative estimate of drug-likeness (QED) is 0.488. The van der Waals surface area contributed by atoms with Crippen molar-refractivity contribution in [2.45, 2.75) is 13.8 Å². The fourth-order valence-electron chi connectivity index (χ4n) is 0.821. The molecule has 0 aliphatic carbocycles. The van der Waals surface area contributed by atoms with Gasteiger partial charge in [0.25, 0.3) is 0 Å². The maximum atomic E-state index is 4.62. The highest BCUT2D eigenvalue weighted by atomic mass is 16.6. The first-order valence-electron chi connectivity index (χ1n) is 3.61. The van der Waals surface area contributed by atoms with Gasteiger partial charge in [0, 0.05) is 6.20 Å². The highest BCUT2D eigenvalue weighted by Crippen LogP contribution is 1.97. The van der Waals surface area contributed by atoms with Crippen LogP contribution in [-0.2, 0) is 4.84 Å². The predicted molar refractivity (Wildman–Crippen MR) is 46.0 cm³/mol. The number of oxime groups is 1. The molecule has 1 rings (SSSR count). The third-order valence-electron chi connectivity index (χ3n) is 1.35. The standard InChI is InChI=1S/C8H11N3O/c1-6-4-9-5-8(10-6)7(2)11-12-3/h4-5H,1-3H3. The summed E-state index contributed by atoms with van der Waals surface area (Å²) >= 11 is 0. The topological polar surface area (TPSA) is 47.4 Å². The molecule has 0 saturated heterocycles. The highest BCUT2D eigenvalue weighted by Gasteiger charge is 1.99. The van der Waals surface area contributed by atoms with E-state index in [4.69, 9.17) is 0 Å². The molecule has 1 aromatic rings. The number of hydrogen-bond acceptors (Lipinski definition) is 4. The van der Waals surface area contributed by atoms with Crippen molar-refractivity contribution in [1.29, 1.82) is 0 Å². The summed E-state index contributed by atoms with van der Waals surface area (Å²) in [6, 6.07) is 0. The van der Waals surface area contributed by atoms with E-state index in [1.807, 2.05) is 13.8 Å². The van der Waals surface area contributed by atoms with Crippen LogP contribution in [0.5, 0.6) is 0 Å². The van der Waals surface area contributed by atoms with E-state index in [-0.39, 0.29) is 0 Å². The molecule has 1 heterocycles. The lowest BCUT2D eigenvalue weighted by Gasteiger charge is -1.98. The lowest BCUT2D eigenvalue weighted by Crippen LogP contribution is -2.01. The molecule has 0 radical (unpaired) electrons. The van der Waals surface area contributed by atoms with E-state index >= 15 is 0 Å². The van der Waals surface area contributed by atoms with Crippen LogP contribution < -0.4 is 0 Å². The van der Waals surface area contributed by atoms with Crippen LogP contribution in [0.4, 0.5) is 0 Å². The van der Waals surface area contributed by atoms with Crippen molar-refractivity contribution in [3.8, 4) is 0 Å². The highest BCUT2D eigenvalue weighted by molar-refractivity contribution is 5.96. The number of aryl methyl sites for hydroxylation is 1. The Kier molecular flexibility index (Phi) is 2.74. The molecule has 0 aromatic carbocycles. The molecule has 0 bridgehead atoms. The molecule has 64 valence electrons. The van der Waals surface area contributed by atoms with E-state index in [1.165, 1.54) is 7.11 Å². The van der Waals surface area contributed by atoms with E-state index in [0.29, 0.717) is 0 Å². The van der Waals surface area contributed by atoms with Crippen LogP contribution in [0.1, 0.15) is 18.3 Å². The van der Waals surface area contributed by atoms with Gasteiger partial charge >= 0.3 is 0 Å². The molecular formula is C8H11N3O. The minimum atomic E-state index is 0.730. The largest absolute Gasteiger partial charge is 0.399 e. The van der Waals surface area contributed by atoms with Gasteiger partial charge in [0.2, 0.25) is 0 Å². The van der Waals surface area contributed by atoms with Crippen molar-refractivity contribution in [2.24, 2.45) is 5.16 Å². The average molecular weight is 165 g/mol. The summed E-state index contributed by atoms with van der Waals surface area (Å²) < 4.78 is 0. The molecule has 0 N–H and O–H groups in total. The molecule has 0 saturated carbocycles. The molecule has 4 nitrogen and oxygen atoms in total. The zero-order valence-corrected chi connectivity index (χ0v) is 7.40. The van der Waals surface area contributed by atoms with Gasteiger partial charge in [0.05, 0.1) is 11.9 Å². The number of aromatic nitrogens is 2. The Labute approximate surface area is 71.3 Å². The Bertz CT molecular complexity index is 296. The first-order chi connectivity index (χ1) is 5.74. The van der Waals surface area contributed by atoms with Gasteiger partial charge in [-0.1, -0.05) is 5.16 Å². The Balaban J connectivity index is 2.95. The minimum absolute atomic E-state index is 0.730. The third kappa shape index (κ3) is 2.02. The molecular weight excluding hydrogens is 154 g/mol. The Morgan fingerprint density at radius 2 is 2.25 bits per heavy atom. The Morgan fingerprint density at radius 1 is 1.50 bits per heavy atom. The second-order valence-corrected chi connectivity index (χ2v) is 2.40. The lowest BCUT2D eigenvalue weighted by molar-refractivity contribution is 0.213. The van der Waals surface area contributed by atoms with E-state index in [2.05, 4.69) is 20.0 Å². The van der Waals surface area contributed by atoms with Gasteiger partial charge in [0.15, 0.2) is 0 Å². The van der Waals surface area contributed by atoms with Gasteiger partial charge < -0.3 is 4.84 Å². The predicted octanol–water partition coefficient (Wildman–Crippen LogP) is 1.16. The normalized spacial score (nSPS) is 11.4. The number of rotatable bonds is 2. The van der Waals surface area contributed by atoms with Crippen LogP contribution in [0, 0.1) is 6.92 Å². The Hall–Kier alpha value is -1.45. The smallest absolute Gasteiger partial charge is 0.106 e. The van der Waals surface area contributed by atoms with Crippen LogP contribution in [0.2, 0.25) is 0 Å². The van der Waals surface area contributed by atoms with Crippen molar-refractivity contribution in [3.05, 3.63) is 23.8 Å². The molecule has 1 aromatic heterocycles. The lowest BCUT2D eigenvalue weighted by atomic mass is 10.3. The maximum absolute atomic E-state index is 4.62. The second kappa shape index (κ2) is 3.80. The van der Waals surface area contributed by atoms with Crippen molar-refractivity contribution in [1.82, 2.24) is 9.97 Å². The van der Waals surface area contributed by atoms with Crippen molar-refractivity contribution < 1.29 is 4.84 Å². The van der Waals surface area contributed by atoms with Gasteiger partial charge in [0.1, 0.15) is 18.5 Å². The molecule has 0 amide bonds. The van der Waals surface area contributed by atoms with E-state index in [1.54, 1.807) is 12.4 Å². The maximum Gasteiger partial charge on any atom is 0.106 e. The second-order valence-electron chi connectivity index (χ2n) is 2.40. The summed E-state index contributed by atoms with van der Waals surface area (Å²) in [4.78, 5) is 12.8. The fourth-order valence-corrected chi connectivity index (χ4v) is 0.821. The molecule has 0 aliphatic rings. The van der Waals surface area contributed by atoms with Gasteiger partial charge in [-0.2, -0.15) is 0 Å². The van der Waals surface area contributed by atoms with Crippen molar-refractivity contribution in [2.75, 3.05) is 7.11 Å². The fraction of sp³-hybridized carbons (Fsp3) is 0.375. The molecule has 0 spiro atoms. The van der Waals surface area contributed by atoms with Crippen LogP contribution >= 0.6 is 0 Å². The average Bonchev–Trinajstić information content (AvgIpc) is 2.05.